The number of amides is 2. The molecule has 3 N–H and O–H groups in total. The zero-order valence-electron chi connectivity index (χ0n) is 18.1. The predicted octanol–water partition coefficient (Wildman–Crippen LogP) is 5.05. The maximum Gasteiger partial charge on any atom is 0.407 e. The molecule has 0 bridgehead atoms. The lowest BCUT2D eigenvalue weighted by molar-refractivity contribution is -0.139. The maximum absolute atomic E-state index is 14.1. The minimum atomic E-state index is -1.57. The van der Waals surface area contributed by atoms with E-state index in [4.69, 9.17) is 4.74 Å². The predicted molar refractivity (Wildman–Crippen MR) is 127 cm³/mol. The van der Waals surface area contributed by atoms with Gasteiger partial charge >= 0.3 is 12.1 Å². The van der Waals surface area contributed by atoms with E-state index >= 15 is 0 Å². The van der Waals surface area contributed by atoms with Crippen LogP contribution in [0, 0.1) is 11.6 Å². The van der Waals surface area contributed by atoms with E-state index in [0.717, 1.165) is 28.3 Å². The number of nitrogens with one attached hydrogen (secondary N) is 2. The number of carbonyl (C=O) groups is 3. The fourth-order valence-corrected chi connectivity index (χ4v) is 4.55. The average molecular weight is 545 g/mol. The Kier molecular flexibility index (Phi) is 7.11. The first kappa shape index (κ1) is 24.3. The standard InChI is InChI=1S/C25H19BrF2N2O5/c26-19-9-13(27)10-20(28)23(19)30-24(33)21(11-22(31)32)29-25(34)35-12-18-16-7-3-1-5-14(16)15-6-2-4-8-17(15)18/h1-10,18,21H,11-12H2,(H,29,34)(H,30,33)(H,31,32). The van der Waals surface area contributed by atoms with Gasteiger partial charge in [0.1, 0.15) is 18.5 Å². The van der Waals surface area contributed by atoms with Crippen LogP contribution in [0.25, 0.3) is 11.1 Å². The van der Waals surface area contributed by atoms with Crippen molar-refractivity contribution >= 4 is 39.6 Å². The molecule has 0 saturated heterocycles. The van der Waals surface area contributed by atoms with Gasteiger partial charge in [0.05, 0.1) is 12.1 Å². The van der Waals surface area contributed by atoms with E-state index in [1.165, 1.54) is 0 Å². The highest BCUT2D eigenvalue weighted by Crippen LogP contribution is 2.44. The van der Waals surface area contributed by atoms with Gasteiger partial charge < -0.3 is 20.5 Å². The van der Waals surface area contributed by atoms with Crippen LogP contribution in [0.1, 0.15) is 23.5 Å². The van der Waals surface area contributed by atoms with Gasteiger partial charge in [-0.05, 0) is 44.3 Å². The zero-order valence-corrected chi connectivity index (χ0v) is 19.6. The molecule has 1 aliphatic rings. The topological polar surface area (TPSA) is 105 Å². The van der Waals surface area contributed by atoms with Gasteiger partial charge in [0.25, 0.3) is 0 Å². The summed E-state index contributed by atoms with van der Waals surface area (Å²) in [5.74, 6) is -4.55. The Labute approximate surface area is 207 Å². The molecule has 0 heterocycles. The van der Waals surface area contributed by atoms with Gasteiger partial charge in [-0.15, -0.1) is 0 Å². The van der Waals surface area contributed by atoms with E-state index in [0.29, 0.717) is 6.07 Å². The molecule has 180 valence electrons. The van der Waals surface area contributed by atoms with Crippen molar-refractivity contribution in [1.82, 2.24) is 5.32 Å². The van der Waals surface area contributed by atoms with Crippen LogP contribution in [0.2, 0.25) is 0 Å². The minimum Gasteiger partial charge on any atom is -0.481 e. The van der Waals surface area contributed by atoms with Crippen molar-refractivity contribution in [3.8, 4) is 11.1 Å². The third-order valence-electron chi connectivity index (χ3n) is 5.59. The Balaban J connectivity index is 1.45. The van der Waals surface area contributed by atoms with E-state index in [1.807, 2.05) is 48.5 Å². The molecule has 0 fully saturated rings. The number of carboxylic acids is 1. The van der Waals surface area contributed by atoms with Gasteiger partial charge in [-0.2, -0.15) is 0 Å². The third-order valence-corrected chi connectivity index (χ3v) is 6.21. The Hall–Kier alpha value is -3.79. The number of anilines is 1. The highest BCUT2D eigenvalue weighted by Gasteiger charge is 2.30. The highest BCUT2D eigenvalue weighted by molar-refractivity contribution is 9.10. The highest BCUT2D eigenvalue weighted by atomic mass is 79.9. The molecular formula is C25H19BrF2N2O5. The van der Waals surface area contributed by atoms with Gasteiger partial charge in [-0.1, -0.05) is 48.5 Å². The van der Waals surface area contributed by atoms with Crippen LogP contribution in [0.4, 0.5) is 19.3 Å². The quantitative estimate of drug-likeness (QED) is 0.386. The number of alkyl carbamates (subject to hydrolysis) is 1. The van der Waals surface area contributed by atoms with E-state index in [9.17, 15) is 28.3 Å². The van der Waals surface area contributed by atoms with Crippen LogP contribution >= 0.6 is 15.9 Å². The second-order valence-electron chi connectivity index (χ2n) is 7.85. The molecule has 7 nitrogen and oxygen atoms in total. The number of hydrogen-bond acceptors (Lipinski definition) is 4. The molecule has 0 aromatic heterocycles. The first-order valence-electron chi connectivity index (χ1n) is 10.5. The Bertz CT molecular complexity index is 1250. The van der Waals surface area contributed by atoms with Crippen LogP contribution < -0.4 is 10.6 Å². The molecule has 35 heavy (non-hydrogen) atoms. The number of carbonyl (C=O) groups excluding carboxylic acids is 2. The summed E-state index contributed by atoms with van der Waals surface area (Å²) in [5.41, 5.74) is 3.65. The van der Waals surface area contributed by atoms with E-state index in [1.54, 1.807) is 0 Å². The number of aliphatic carboxylic acids is 1. The summed E-state index contributed by atoms with van der Waals surface area (Å²) in [6, 6.07) is 15.4. The van der Waals surface area contributed by atoms with Crippen molar-refractivity contribution < 1.29 is 33.0 Å². The number of halogens is 3. The number of fused-ring (bicyclic) bond motifs is 3. The molecule has 1 unspecified atom stereocenters. The average Bonchev–Trinajstić information content (AvgIpc) is 3.13. The van der Waals surface area contributed by atoms with Crippen molar-refractivity contribution in [1.29, 1.82) is 0 Å². The first-order chi connectivity index (χ1) is 16.7. The minimum absolute atomic E-state index is 0.0423. The van der Waals surface area contributed by atoms with Crippen LogP contribution in [-0.2, 0) is 14.3 Å². The molecule has 3 aromatic carbocycles. The number of rotatable bonds is 7. The molecule has 2 amide bonds. The molecule has 4 rings (SSSR count). The summed E-state index contributed by atoms with van der Waals surface area (Å²) in [6.07, 6.45) is -1.79. The lowest BCUT2D eigenvalue weighted by Gasteiger charge is -2.19. The van der Waals surface area contributed by atoms with Crippen molar-refractivity contribution in [3.63, 3.8) is 0 Å². The van der Waals surface area contributed by atoms with Crippen molar-refractivity contribution in [2.45, 2.75) is 18.4 Å². The molecule has 0 aliphatic heterocycles. The summed E-state index contributed by atoms with van der Waals surface area (Å²) in [4.78, 5) is 36.4. The van der Waals surface area contributed by atoms with Gasteiger partial charge in [0.2, 0.25) is 5.91 Å². The Morgan fingerprint density at radius 3 is 2.17 bits per heavy atom. The summed E-state index contributed by atoms with van der Waals surface area (Å²) >= 11 is 2.94. The summed E-state index contributed by atoms with van der Waals surface area (Å²) in [7, 11) is 0. The number of benzene rings is 3. The summed E-state index contributed by atoms with van der Waals surface area (Å²) in [5, 5.41) is 13.6. The lowest BCUT2D eigenvalue weighted by Crippen LogP contribution is -2.45. The number of carboxylic acid groups (broad SMARTS) is 1. The number of ether oxygens (including phenoxy) is 1. The summed E-state index contributed by atoms with van der Waals surface area (Å²) < 4.78 is 32.7. The number of hydrogen-bond donors (Lipinski definition) is 3. The summed E-state index contributed by atoms with van der Waals surface area (Å²) in [6.45, 7) is -0.0423. The van der Waals surface area contributed by atoms with Gasteiger partial charge in [0.15, 0.2) is 5.82 Å². The largest absolute Gasteiger partial charge is 0.481 e. The van der Waals surface area contributed by atoms with Crippen molar-refractivity contribution in [2.24, 2.45) is 0 Å². The van der Waals surface area contributed by atoms with Crippen LogP contribution in [0.5, 0.6) is 0 Å². The lowest BCUT2D eigenvalue weighted by atomic mass is 9.98. The second-order valence-corrected chi connectivity index (χ2v) is 8.71. The van der Waals surface area contributed by atoms with E-state index in [2.05, 4.69) is 26.6 Å². The molecule has 10 heteroatoms. The molecule has 3 aromatic rings. The fourth-order valence-electron chi connectivity index (χ4n) is 4.04. The van der Waals surface area contributed by atoms with Gasteiger partial charge in [-0.25, -0.2) is 13.6 Å². The molecule has 0 spiro atoms. The normalized spacial score (nSPS) is 12.9. The first-order valence-corrected chi connectivity index (χ1v) is 11.3. The Morgan fingerprint density at radius 2 is 1.60 bits per heavy atom. The van der Waals surface area contributed by atoms with Crippen LogP contribution in [-0.4, -0.2) is 35.7 Å². The molecule has 0 saturated carbocycles. The van der Waals surface area contributed by atoms with Crippen molar-refractivity contribution in [2.75, 3.05) is 11.9 Å². The van der Waals surface area contributed by atoms with Crippen LogP contribution in [0.15, 0.2) is 65.1 Å². The van der Waals surface area contributed by atoms with Crippen molar-refractivity contribution in [3.05, 3.63) is 87.9 Å². The maximum atomic E-state index is 14.1. The van der Waals surface area contributed by atoms with E-state index in [-0.39, 0.29) is 22.7 Å². The van der Waals surface area contributed by atoms with Gasteiger partial charge in [0, 0.05) is 16.5 Å². The third kappa shape index (κ3) is 5.32. The van der Waals surface area contributed by atoms with Crippen LogP contribution in [0.3, 0.4) is 0 Å². The zero-order chi connectivity index (χ0) is 25.1. The fraction of sp³-hybridized carbons (Fsp3) is 0.160. The monoisotopic (exact) mass is 544 g/mol. The smallest absolute Gasteiger partial charge is 0.407 e. The molecule has 0 radical (unpaired) electrons. The molecule has 1 atom stereocenters. The molecule has 1 aliphatic carbocycles. The van der Waals surface area contributed by atoms with E-state index < -0.39 is 42.1 Å². The SMILES string of the molecule is O=C(O)CC(NC(=O)OCC1c2ccccc2-c2ccccc21)C(=O)Nc1c(F)cc(F)cc1Br. The second kappa shape index (κ2) is 10.2. The van der Waals surface area contributed by atoms with Gasteiger partial charge in [-0.3, -0.25) is 9.59 Å². The Morgan fingerprint density at radius 1 is 1.00 bits per heavy atom. The molecular weight excluding hydrogens is 526 g/mol.